The van der Waals surface area contributed by atoms with Gasteiger partial charge in [0.05, 0.1) is 11.2 Å². The van der Waals surface area contributed by atoms with Gasteiger partial charge in [0.15, 0.2) is 5.52 Å². The molecule has 0 spiro atoms. The first-order valence-corrected chi connectivity index (χ1v) is 7.90. The maximum atomic E-state index is 12.7. The zero-order chi connectivity index (χ0) is 16.0. The molecule has 0 N–H and O–H groups in total. The van der Waals surface area contributed by atoms with Crippen molar-refractivity contribution in [2.75, 3.05) is 0 Å². The Morgan fingerprint density at radius 3 is 2.91 bits per heavy atom. The van der Waals surface area contributed by atoms with Crippen LogP contribution in [-0.4, -0.2) is 19.5 Å². The van der Waals surface area contributed by atoms with Gasteiger partial charge in [-0.3, -0.25) is 14.3 Å². The minimum atomic E-state index is -0.0326. The van der Waals surface area contributed by atoms with Crippen LogP contribution in [0.2, 0.25) is 0 Å². The van der Waals surface area contributed by atoms with Gasteiger partial charge >= 0.3 is 0 Å². The molecule has 0 fully saturated rings. The minimum Gasteiger partial charge on any atom is -0.294 e. The molecule has 116 valence electrons. The Morgan fingerprint density at radius 2 is 2.17 bits per heavy atom. The fourth-order valence-corrected chi connectivity index (χ4v) is 3.18. The van der Waals surface area contributed by atoms with Crippen LogP contribution in [0.15, 0.2) is 41.5 Å². The van der Waals surface area contributed by atoms with Gasteiger partial charge in [-0.1, -0.05) is 19.9 Å². The Bertz CT molecular complexity index is 948. The molecule has 3 aromatic rings. The molecule has 0 radical (unpaired) electrons. The summed E-state index contributed by atoms with van der Waals surface area (Å²) >= 11 is 0. The van der Waals surface area contributed by atoms with Crippen LogP contribution in [0.5, 0.6) is 0 Å². The molecule has 23 heavy (non-hydrogen) atoms. The number of rotatable bonds is 2. The zero-order valence-corrected chi connectivity index (χ0v) is 13.3. The second kappa shape index (κ2) is 4.98. The van der Waals surface area contributed by atoms with E-state index in [1.807, 2.05) is 24.3 Å². The molecule has 0 amide bonds. The second-order valence-electron chi connectivity index (χ2n) is 6.57. The van der Waals surface area contributed by atoms with Gasteiger partial charge in [-0.05, 0) is 30.0 Å². The Kier molecular flexibility index (Phi) is 3.04. The van der Waals surface area contributed by atoms with E-state index < -0.39 is 0 Å². The van der Waals surface area contributed by atoms with E-state index in [2.05, 4.69) is 23.8 Å². The maximum absolute atomic E-state index is 12.7. The van der Waals surface area contributed by atoms with Crippen molar-refractivity contribution < 1.29 is 0 Å². The average molecular weight is 306 g/mol. The van der Waals surface area contributed by atoms with Gasteiger partial charge in [0.2, 0.25) is 0 Å². The van der Waals surface area contributed by atoms with Crippen LogP contribution >= 0.6 is 0 Å². The second-order valence-corrected chi connectivity index (χ2v) is 6.57. The molecule has 0 saturated heterocycles. The van der Waals surface area contributed by atoms with Crippen molar-refractivity contribution >= 4 is 11.0 Å². The standard InChI is InChI=1S/C18H18N4O/c1-3-18(2)9-15-21-14-8-12(13-6-4-5-7-19-13)10-20-16(14)17(23)22(15)11-18/h4-8,10H,3,9,11H2,1-2H3. The number of aromatic nitrogens is 4. The fourth-order valence-electron chi connectivity index (χ4n) is 3.18. The largest absolute Gasteiger partial charge is 0.294 e. The molecule has 3 aromatic heterocycles. The molecule has 4 heterocycles. The zero-order valence-electron chi connectivity index (χ0n) is 13.3. The lowest BCUT2D eigenvalue weighted by Crippen LogP contribution is -2.24. The van der Waals surface area contributed by atoms with Gasteiger partial charge in [0.1, 0.15) is 5.82 Å². The van der Waals surface area contributed by atoms with Crippen molar-refractivity contribution in [1.82, 2.24) is 19.5 Å². The van der Waals surface area contributed by atoms with Gasteiger partial charge in [-0.25, -0.2) is 9.97 Å². The monoisotopic (exact) mass is 306 g/mol. The Labute approximate surface area is 134 Å². The highest BCUT2D eigenvalue weighted by atomic mass is 16.1. The molecular formula is C18H18N4O. The highest BCUT2D eigenvalue weighted by Gasteiger charge is 2.33. The molecule has 5 heteroatoms. The summed E-state index contributed by atoms with van der Waals surface area (Å²) in [5, 5.41) is 0. The maximum Gasteiger partial charge on any atom is 0.280 e. The predicted molar refractivity (Wildman–Crippen MR) is 89.1 cm³/mol. The molecule has 1 unspecified atom stereocenters. The molecule has 0 bridgehead atoms. The van der Waals surface area contributed by atoms with Crippen molar-refractivity contribution in [3.63, 3.8) is 0 Å². The molecule has 1 aliphatic rings. The van der Waals surface area contributed by atoms with Crippen molar-refractivity contribution in [3.05, 3.63) is 52.8 Å². The lowest BCUT2D eigenvalue weighted by Gasteiger charge is -2.18. The van der Waals surface area contributed by atoms with Crippen LogP contribution in [0.4, 0.5) is 0 Å². The number of hydrogen-bond acceptors (Lipinski definition) is 4. The van der Waals surface area contributed by atoms with Gasteiger partial charge in [0, 0.05) is 30.9 Å². The topological polar surface area (TPSA) is 60.7 Å². The third-order valence-corrected chi connectivity index (χ3v) is 4.82. The summed E-state index contributed by atoms with van der Waals surface area (Å²) in [5.41, 5.74) is 2.89. The van der Waals surface area contributed by atoms with E-state index in [-0.39, 0.29) is 11.0 Å². The van der Waals surface area contributed by atoms with Crippen molar-refractivity contribution in [3.8, 4) is 11.3 Å². The van der Waals surface area contributed by atoms with Crippen molar-refractivity contribution in [2.24, 2.45) is 5.41 Å². The summed E-state index contributed by atoms with van der Waals surface area (Å²) in [6.07, 6.45) is 5.31. The smallest absolute Gasteiger partial charge is 0.280 e. The van der Waals surface area contributed by atoms with Crippen LogP contribution < -0.4 is 5.56 Å². The van der Waals surface area contributed by atoms with E-state index in [0.717, 1.165) is 36.5 Å². The van der Waals surface area contributed by atoms with E-state index >= 15 is 0 Å². The SMILES string of the molecule is CCC1(C)Cc2nc3cc(-c4ccccn4)cnc3c(=O)n2C1. The summed E-state index contributed by atoms with van der Waals surface area (Å²) in [4.78, 5) is 26.1. The predicted octanol–water partition coefficient (Wildman–Crippen LogP) is 2.83. The number of pyridine rings is 2. The van der Waals surface area contributed by atoms with Gasteiger partial charge in [-0.15, -0.1) is 0 Å². The third kappa shape index (κ3) is 2.23. The molecule has 0 saturated carbocycles. The van der Waals surface area contributed by atoms with Crippen LogP contribution in [0.3, 0.4) is 0 Å². The van der Waals surface area contributed by atoms with E-state index in [1.54, 1.807) is 17.0 Å². The molecule has 1 atom stereocenters. The van der Waals surface area contributed by atoms with Crippen LogP contribution in [-0.2, 0) is 13.0 Å². The Hall–Kier alpha value is -2.56. The third-order valence-electron chi connectivity index (χ3n) is 4.82. The summed E-state index contributed by atoms with van der Waals surface area (Å²) in [5.74, 6) is 0.867. The summed E-state index contributed by atoms with van der Waals surface area (Å²) in [6, 6.07) is 7.65. The number of nitrogens with zero attached hydrogens (tertiary/aromatic N) is 4. The Morgan fingerprint density at radius 1 is 1.30 bits per heavy atom. The number of fused-ring (bicyclic) bond motifs is 2. The first kappa shape index (κ1) is 14.1. The van der Waals surface area contributed by atoms with E-state index in [1.165, 1.54) is 0 Å². The molecule has 5 nitrogen and oxygen atoms in total. The lowest BCUT2D eigenvalue weighted by molar-refractivity contribution is 0.303. The first-order valence-electron chi connectivity index (χ1n) is 7.90. The van der Waals surface area contributed by atoms with E-state index in [0.29, 0.717) is 11.0 Å². The van der Waals surface area contributed by atoms with Gasteiger partial charge in [-0.2, -0.15) is 0 Å². The van der Waals surface area contributed by atoms with E-state index in [4.69, 9.17) is 4.98 Å². The quantitative estimate of drug-likeness (QED) is 0.730. The van der Waals surface area contributed by atoms with E-state index in [9.17, 15) is 4.79 Å². The molecule has 1 aliphatic heterocycles. The minimum absolute atomic E-state index is 0.0326. The van der Waals surface area contributed by atoms with Crippen LogP contribution in [0.25, 0.3) is 22.3 Å². The Balaban J connectivity index is 1.89. The molecular weight excluding hydrogens is 288 g/mol. The van der Waals surface area contributed by atoms with Crippen LogP contribution in [0, 0.1) is 5.41 Å². The van der Waals surface area contributed by atoms with Crippen molar-refractivity contribution in [2.45, 2.75) is 33.2 Å². The van der Waals surface area contributed by atoms with Crippen LogP contribution in [0.1, 0.15) is 26.1 Å². The first-order chi connectivity index (χ1) is 11.1. The normalized spacial score (nSPS) is 19.9. The van der Waals surface area contributed by atoms with Gasteiger partial charge in [0.25, 0.3) is 5.56 Å². The average Bonchev–Trinajstić information content (AvgIpc) is 2.93. The summed E-state index contributed by atoms with van der Waals surface area (Å²) in [6.45, 7) is 5.09. The summed E-state index contributed by atoms with van der Waals surface area (Å²) in [7, 11) is 0. The number of hydrogen-bond donors (Lipinski definition) is 0. The summed E-state index contributed by atoms with van der Waals surface area (Å²) < 4.78 is 1.79. The van der Waals surface area contributed by atoms with Gasteiger partial charge < -0.3 is 0 Å². The highest BCUT2D eigenvalue weighted by molar-refractivity contribution is 5.78. The fraction of sp³-hybridized carbons (Fsp3) is 0.333. The van der Waals surface area contributed by atoms with Crippen molar-refractivity contribution in [1.29, 1.82) is 0 Å². The lowest BCUT2D eigenvalue weighted by atomic mass is 9.86. The highest BCUT2D eigenvalue weighted by Crippen LogP contribution is 2.33. The molecule has 4 rings (SSSR count). The molecule has 0 aromatic carbocycles. The molecule has 0 aliphatic carbocycles.